The Morgan fingerprint density at radius 1 is 1.05 bits per heavy atom. The van der Waals surface area contributed by atoms with Gasteiger partial charge in [0.2, 0.25) is 11.8 Å². The minimum Gasteiger partial charge on any atom is -0.756 e. The van der Waals surface area contributed by atoms with Gasteiger partial charge in [0, 0.05) is 30.7 Å². The first-order valence-electron chi connectivity index (χ1n) is 15.4. The first-order valence-corrected chi connectivity index (χ1v) is 20.8. The maximum Gasteiger partial charge on any atom is 1.00 e. The van der Waals surface area contributed by atoms with Crippen LogP contribution in [0.1, 0.15) is 39.8 Å². The molecule has 0 saturated carbocycles. The summed E-state index contributed by atoms with van der Waals surface area (Å²) in [5.74, 6) is -1.70. The van der Waals surface area contributed by atoms with Crippen molar-refractivity contribution in [1.82, 2.24) is 30.2 Å². The van der Waals surface area contributed by atoms with Gasteiger partial charge in [-0.25, -0.2) is 19.3 Å². The number of aromatic nitrogens is 4. The van der Waals surface area contributed by atoms with E-state index in [-0.39, 0.29) is 116 Å². The standard InChI is InChI=1S/C25H40N7O18P3S.3Li/c1-13(33)8-16(35)54-7-6-27-15(34)4-5-28-23(38)20(37)25(2,3)10-47-53(44,45)50-52(42,43)46-9-14-19(49-51(39,40)41)18(36)24(48-14)32-12-31-17-21(26)29-11-30-22(17)32;;;/h11-12,14,18-20,24,36-37H,4-10H2,1-3H3,(H,27,34)(H,28,38)(H,42,43)(H,44,45)(H2,26,29,30)(H2,39,40,41);;;/q;3*+1/p-3. The predicted molar refractivity (Wildman–Crippen MR) is 176 cm³/mol. The Hall–Kier alpha value is -0.978. The van der Waals surface area contributed by atoms with E-state index >= 15 is 0 Å². The summed E-state index contributed by atoms with van der Waals surface area (Å²) >= 11 is 0.868. The van der Waals surface area contributed by atoms with Crippen molar-refractivity contribution >= 4 is 74.9 Å². The number of phosphoric ester groups is 3. The molecule has 32 heteroatoms. The number of Topliss-reactive ketones (excluding diaryl/α,β-unsaturated/α-hetero) is 1. The van der Waals surface area contributed by atoms with Crippen LogP contribution in [0.2, 0.25) is 0 Å². The van der Waals surface area contributed by atoms with E-state index in [0.717, 1.165) is 29.0 Å². The number of rotatable bonds is 21. The topological polar surface area (TPSA) is 389 Å². The van der Waals surface area contributed by atoms with Crippen LogP contribution in [-0.2, 0) is 55.5 Å². The molecule has 57 heavy (non-hydrogen) atoms. The Morgan fingerprint density at radius 3 is 2.30 bits per heavy atom. The third kappa shape index (κ3) is 17.9. The summed E-state index contributed by atoms with van der Waals surface area (Å²) in [6.07, 6.45) is -7.72. The van der Waals surface area contributed by atoms with Gasteiger partial charge < -0.3 is 64.5 Å². The molecule has 3 rings (SSSR count). The molecule has 1 aliphatic heterocycles. The molecule has 25 nitrogen and oxygen atoms in total. The number of nitrogens with two attached hydrogens (primary N) is 1. The maximum atomic E-state index is 12.5. The number of nitrogen functional groups attached to an aromatic ring is 1. The van der Waals surface area contributed by atoms with E-state index in [1.807, 2.05) is 0 Å². The molecule has 7 N–H and O–H groups in total. The molecule has 0 spiro atoms. The summed E-state index contributed by atoms with van der Waals surface area (Å²) in [4.78, 5) is 104. The number of phosphoric acid groups is 3. The molecule has 1 aliphatic rings. The van der Waals surface area contributed by atoms with Crippen LogP contribution in [-0.4, -0.2) is 114 Å². The number of hydrogen-bond donors (Lipinski definition) is 6. The molecule has 304 valence electrons. The molecular formula is C25H37Li3N7O18P3S. The van der Waals surface area contributed by atoms with Gasteiger partial charge in [-0.15, -0.1) is 0 Å². The van der Waals surface area contributed by atoms with Crippen molar-refractivity contribution in [3.05, 3.63) is 12.7 Å². The molecule has 1 saturated heterocycles. The molecule has 0 radical (unpaired) electrons. The molecule has 2 aromatic heterocycles. The summed E-state index contributed by atoms with van der Waals surface area (Å²) in [6.45, 7) is 1.22. The van der Waals surface area contributed by atoms with Crippen LogP contribution in [0.5, 0.6) is 0 Å². The van der Waals surface area contributed by atoms with E-state index < -0.39 is 84.6 Å². The van der Waals surface area contributed by atoms with Crippen LogP contribution >= 0.6 is 35.2 Å². The van der Waals surface area contributed by atoms with Crippen LogP contribution in [0.15, 0.2) is 12.7 Å². The average Bonchev–Trinajstić information content (AvgIpc) is 3.60. The molecule has 3 heterocycles. The fourth-order valence-electron chi connectivity index (χ4n) is 4.53. The van der Waals surface area contributed by atoms with Gasteiger partial charge in [-0.05, 0) is 6.92 Å². The minimum absolute atomic E-state index is 0. The Balaban J connectivity index is 0.0000105. The second-order valence-electron chi connectivity index (χ2n) is 12.1. The van der Waals surface area contributed by atoms with Crippen molar-refractivity contribution in [3.8, 4) is 0 Å². The number of imidazole rings is 1. The van der Waals surface area contributed by atoms with Crippen molar-refractivity contribution < 1.29 is 142 Å². The summed E-state index contributed by atoms with van der Waals surface area (Å²) in [5.41, 5.74) is 4.07. The van der Waals surface area contributed by atoms with E-state index in [2.05, 4.69) is 43.5 Å². The smallest absolute Gasteiger partial charge is 0.756 e. The third-order valence-corrected chi connectivity index (χ3v) is 11.0. The molecule has 0 aliphatic carbocycles. The van der Waals surface area contributed by atoms with Gasteiger partial charge in [0.1, 0.15) is 42.0 Å². The molecule has 8 unspecified atom stereocenters. The molecule has 0 aromatic carbocycles. The zero-order chi connectivity index (χ0) is 40.6. The Labute approximate surface area is 365 Å². The average molecular weight is 869 g/mol. The van der Waals surface area contributed by atoms with E-state index in [1.54, 1.807) is 0 Å². The number of aliphatic hydroxyl groups is 2. The van der Waals surface area contributed by atoms with Gasteiger partial charge in [-0.2, -0.15) is 0 Å². The fourth-order valence-corrected chi connectivity index (χ4v) is 8.01. The first kappa shape index (κ1) is 56.0. The minimum atomic E-state index is -5.90. The second-order valence-corrected chi connectivity index (χ2v) is 17.4. The monoisotopic (exact) mass is 869 g/mol. The largest absolute Gasteiger partial charge is 1.00 e. The second kappa shape index (κ2) is 23.9. The number of nitrogens with zero attached hydrogens (tertiary/aromatic N) is 4. The zero-order valence-electron chi connectivity index (χ0n) is 31.6. The molecular weight excluding hydrogens is 832 g/mol. The fraction of sp³-hybridized carbons (Fsp3) is 0.640. The Morgan fingerprint density at radius 2 is 1.68 bits per heavy atom. The van der Waals surface area contributed by atoms with Crippen LogP contribution < -0.4 is 87.6 Å². The normalized spacial score (nSPS) is 21.6. The van der Waals surface area contributed by atoms with Gasteiger partial charge in [0.05, 0.1) is 26.0 Å². The number of aliphatic hydroxyl groups excluding tert-OH is 2. The van der Waals surface area contributed by atoms with Gasteiger partial charge in [-0.1, -0.05) is 25.6 Å². The van der Waals surface area contributed by atoms with Gasteiger partial charge in [0.15, 0.2) is 22.8 Å². The number of carbonyl (C=O) groups excluding carboxylic acids is 4. The number of fused-ring (bicyclic) bond motifs is 1. The predicted octanol–water partition coefficient (Wildman–Crippen LogP) is -12.2. The summed E-state index contributed by atoms with van der Waals surface area (Å²) in [7, 11) is -17.3. The number of carbonyl (C=O) groups is 4. The number of anilines is 1. The Bertz CT molecular complexity index is 1840. The zero-order valence-corrected chi connectivity index (χ0v) is 35.1. The van der Waals surface area contributed by atoms with Crippen molar-refractivity contribution in [2.45, 2.75) is 64.3 Å². The number of thioether (sulfide) groups is 1. The maximum absolute atomic E-state index is 12.5. The van der Waals surface area contributed by atoms with E-state index in [0.29, 0.717) is 0 Å². The first-order chi connectivity index (χ1) is 24.9. The Kier molecular flexibility index (Phi) is 23.5. The van der Waals surface area contributed by atoms with Crippen molar-refractivity contribution in [1.29, 1.82) is 0 Å². The number of hydrogen-bond acceptors (Lipinski definition) is 22. The molecule has 2 amide bonds. The van der Waals surface area contributed by atoms with Crippen LogP contribution in [0, 0.1) is 5.41 Å². The molecule has 0 bridgehead atoms. The molecule has 1 fully saturated rings. The van der Waals surface area contributed by atoms with Crippen molar-refractivity contribution in [2.24, 2.45) is 5.41 Å². The van der Waals surface area contributed by atoms with Crippen LogP contribution in [0.3, 0.4) is 0 Å². The van der Waals surface area contributed by atoms with E-state index in [9.17, 15) is 62.7 Å². The number of nitrogens with one attached hydrogen (secondary N) is 2. The van der Waals surface area contributed by atoms with Crippen molar-refractivity contribution in [3.63, 3.8) is 0 Å². The summed E-state index contributed by atoms with van der Waals surface area (Å²) in [6, 6.07) is 0. The number of ketones is 1. The van der Waals surface area contributed by atoms with E-state index in [4.69, 9.17) is 10.5 Å². The quantitative estimate of drug-likeness (QED) is 0.0293. The SMILES string of the molecule is CC(=O)CC(=O)SCCNC(=O)CCNC(=O)C(O)C(C)(C)COP(=O)([O-])OP(=O)([O-])OCC1OC(n2cnc3c(N)ncnc32)C(O)C1OP(=O)([O-])O.[Li+].[Li+].[Li+]. The van der Waals surface area contributed by atoms with Gasteiger partial charge in [0.25, 0.3) is 23.5 Å². The van der Waals surface area contributed by atoms with Crippen LogP contribution in [0.4, 0.5) is 5.82 Å². The van der Waals surface area contributed by atoms with Gasteiger partial charge >= 0.3 is 56.6 Å². The van der Waals surface area contributed by atoms with E-state index in [1.165, 1.54) is 20.8 Å². The molecule has 8 atom stereocenters. The van der Waals surface area contributed by atoms with Gasteiger partial charge in [-0.3, -0.25) is 37.4 Å². The molecule has 2 aromatic rings. The van der Waals surface area contributed by atoms with Crippen molar-refractivity contribution in [2.75, 3.05) is 37.8 Å². The third-order valence-electron chi connectivity index (χ3n) is 7.14. The summed E-state index contributed by atoms with van der Waals surface area (Å²) in [5, 5.41) is 25.7. The number of amides is 2. The van der Waals surface area contributed by atoms with Crippen LogP contribution in [0.25, 0.3) is 11.2 Å². The number of ether oxygens (including phenoxy) is 1. The summed E-state index contributed by atoms with van der Waals surface area (Å²) < 4.78 is 60.6.